The third-order valence-electron chi connectivity index (χ3n) is 3.58. The molecule has 5 nitrogen and oxygen atoms in total. The number of rotatable bonds is 5. The monoisotopic (exact) mass is 300 g/mol. The van der Waals surface area contributed by atoms with Gasteiger partial charge < -0.3 is 11.1 Å². The maximum atomic E-state index is 12.1. The molecular weight excluding hydrogens is 276 g/mol. The van der Waals surface area contributed by atoms with Gasteiger partial charge in [0.1, 0.15) is 0 Å². The lowest BCUT2D eigenvalue weighted by molar-refractivity contribution is -0.124. The van der Waals surface area contributed by atoms with Crippen molar-refractivity contribution in [1.29, 1.82) is 0 Å². The number of hydrogen-bond donors (Lipinski definition) is 2. The smallest absolute Gasteiger partial charge is 0.237 e. The molecule has 0 bridgehead atoms. The summed E-state index contributed by atoms with van der Waals surface area (Å²) in [5.41, 5.74) is 7.91. The minimum atomic E-state index is -0.514. The molecule has 2 aromatic rings. The third kappa shape index (κ3) is 4.43. The Morgan fingerprint density at radius 2 is 2.05 bits per heavy atom. The van der Waals surface area contributed by atoms with Gasteiger partial charge in [0.2, 0.25) is 5.91 Å². The van der Waals surface area contributed by atoms with Gasteiger partial charge in [0.05, 0.1) is 12.6 Å². The first-order chi connectivity index (χ1) is 10.4. The Balaban J connectivity index is 1.95. The van der Waals surface area contributed by atoms with E-state index in [2.05, 4.69) is 16.5 Å². The second-order valence-corrected chi connectivity index (χ2v) is 6.59. The summed E-state index contributed by atoms with van der Waals surface area (Å²) in [4.78, 5) is 12.1. The normalized spacial score (nSPS) is 12.9. The number of carbonyl (C=O) groups excluding carboxylic acids is 1. The van der Waals surface area contributed by atoms with E-state index in [4.69, 9.17) is 5.73 Å². The van der Waals surface area contributed by atoms with Crippen molar-refractivity contribution in [2.75, 3.05) is 0 Å². The fraction of sp³-hybridized carbons (Fsp3) is 0.412. The van der Waals surface area contributed by atoms with Crippen LogP contribution < -0.4 is 11.1 Å². The Kier molecular flexibility index (Phi) is 4.98. The van der Waals surface area contributed by atoms with E-state index < -0.39 is 6.04 Å². The zero-order chi connectivity index (χ0) is 16.2. The highest BCUT2D eigenvalue weighted by atomic mass is 16.2. The molecule has 1 atom stereocenters. The number of aromatic nitrogens is 2. The van der Waals surface area contributed by atoms with Crippen molar-refractivity contribution in [2.24, 2.45) is 11.1 Å². The van der Waals surface area contributed by atoms with Crippen LogP contribution in [0.4, 0.5) is 0 Å². The number of amides is 1. The highest BCUT2D eigenvalue weighted by Crippen LogP contribution is 2.17. The average Bonchev–Trinajstić information content (AvgIpc) is 2.96. The van der Waals surface area contributed by atoms with Crippen molar-refractivity contribution in [3.05, 3.63) is 53.9 Å². The van der Waals surface area contributed by atoms with Crippen molar-refractivity contribution in [2.45, 2.75) is 39.9 Å². The standard InChI is InChI=1S/C17H24N4O/c1-17(2,3)15(18)16(22)19-11-13-6-4-7-14(10-13)12-21-9-5-8-20-21/h4-10,15H,11-12,18H2,1-3H3,(H,19,22)/t15-/m1/s1. The van der Waals surface area contributed by atoms with Gasteiger partial charge in [-0.05, 0) is 22.6 Å². The topological polar surface area (TPSA) is 72.9 Å². The van der Waals surface area contributed by atoms with Gasteiger partial charge in [-0.25, -0.2) is 0 Å². The first kappa shape index (κ1) is 16.2. The largest absolute Gasteiger partial charge is 0.351 e. The first-order valence-corrected chi connectivity index (χ1v) is 7.45. The molecule has 0 fully saturated rings. The Hall–Kier alpha value is -2.14. The van der Waals surface area contributed by atoms with Gasteiger partial charge in [0.25, 0.3) is 0 Å². The van der Waals surface area contributed by atoms with Crippen LogP contribution in [-0.2, 0) is 17.9 Å². The molecule has 0 spiro atoms. The van der Waals surface area contributed by atoms with E-state index in [0.717, 1.165) is 17.7 Å². The minimum Gasteiger partial charge on any atom is -0.351 e. The van der Waals surface area contributed by atoms with Crippen molar-refractivity contribution in [3.63, 3.8) is 0 Å². The van der Waals surface area contributed by atoms with E-state index in [1.54, 1.807) is 6.20 Å². The summed E-state index contributed by atoms with van der Waals surface area (Å²) in [6.07, 6.45) is 3.69. The second kappa shape index (κ2) is 6.75. The van der Waals surface area contributed by atoms with Crippen LogP contribution in [0.15, 0.2) is 42.7 Å². The van der Waals surface area contributed by atoms with Gasteiger partial charge in [-0.3, -0.25) is 9.48 Å². The van der Waals surface area contributed by atoms with Crippen molar-refractivity contribution < 1.29 is 4.79 Å². The van der Waals surface area contributed by atoms with E-state index in [1.807, 2.05) is 55.9 Å². The molecule has 0 aliphatic rings. The van der Waals surface area contributed by atoms with Crippen LogP contribution >= 0.6 is 0 Å². The van der Waals surface area contributed by atoms with E-state index >= 15 is 0 Å². The fourth-order valence-corrected chi connectivity index (χ4v) is 2.11. The van der Waals surface area contributed by atoms with Crippen LogP contribution in [-0.4, -0.2) is 21.7 Å². The lowest BCUT2D eigenvalue weighted by Crippen LogP contribution is -2.48. The summed E-state index contributed by atoms with van der Waals surface area (Å²) < 4.78 is 1.87. The van der Waals surface area contributed by atoms with Gasteiger partial charge in [-0.1, -0.05) is 45.0 Å². The molecule has 0 unspecified atom stereocenters. The number of benzene rings is 1. The molecule has 0 radical (unpaired) electrons. The lowest BCUT2D eigenvalue weighted by Gasteiger charge is -2.25. The van der Waals surface area contributed by atoms with Gasteiger partial charge in [-0.2, -0.15) is 5.10 Å². The van der Waals surface area contributed by atoms with Gasteiger partial charge >= 0.3 is 0 Å². The summed E-state index contributed by atoms with van der Waals surface area (Å²) in [6.45, 7) is 7.08. The Morgan fingerprint density at radius 3 is 2.68 bits per heavy atom. The highest BCUT2D eigenvalue weighted by Gasteiger charge is 2.26. The zero-order valence-electron chi connectivity index (χ0n) is 13.4. The van der Waals surface area contributed by atoms with E-state index in [9.17, 15) is 4.79 Å². The van der Waals surface area contributed by atoms with Gasteiger partial charge in [-0.15, -0.1) is 0 Å². The molecule has 5 heteroatoms. The van der Waals surface area contributed by atoms with Gasteiger partial charge in [0, 0.05) is 18.9 Å². The maximum absolute atomic E-state index is 12.1. The molecule has 2 rings (SSSR count). The van der Waals surface area contributed by atoms with Crippen LogP contribution in [0.3, 0.4) is 0 Å². The molecule has 1 heterocycles. The van der Waals surface area contributed by atoms with Crippen molar-refractivity contribution >= 4 is 5.91 Å². The summed E-state index contributed by atoms with van der Waals surface area (Å²) in [5.74, 6) is -0.120. The van der Waals surface area contributed by atoms with Crippen molar-refractivity contribution in [1.82, 2.24) is 15.1 Å². The summed E-state index contributed by atoms with van der Waals surface area (Å²) in [7, 11) is 0. The predicted octanol–water partition coefficient (Wildman–Crippen LogP) is 1.92. The zero-order valence-corrected chi connectivity index (χ0v) is 13.4. The lowest BCUT2D eigenvalue weighted by atomic mass is 9.87. The SMILES string of the molecule is CC(C)(C)[C@H](N)C(=O)NCc1cccc(Cn2cccn2)c1. The molecule has 22 heavy (non-hydrogen) atoms. The molecule has 0 aliphatic carbocycles. The summed E-state index contributed by atoms with van der Waals surface area (Å²) in [6, 6.07) is 9.50. The fourth-order valence-electron chi connectivity index (χ4n) is 2.11. The maximum Gasteiger partial charge on any atom is 0.237 e. The number of nitrogens with one attached hydrogen (secondary N) is 1. The highest BCUT2D eigenvalue weighted by molar-refractivity contribution is 5.82. The number of carbonyl (C=O) groups is 1. The molecule has 0 saturated heterocycles. The summed E-state index contributed by atoms with van der Waals surface area (Å²) in [5, 5.41) is 7.10. The molecule has 0 aliphatic heterocycles. The van der Waals surface area contributed by atoms with Crippen LogP contribution in [0, 0.1) is 5.41 Å². The third-order valence-corrected chi connectivity index (χ3v) is 3.58. The minimum absolute atomic E-state index is 0.120. The Bertz CT molecular complexity index is 614. The number of nitrogens with zero attached hydrogens (tertiary/aromatic N) is 2. The molecule has 118 valence electrons. The van der Waals surface area contributed by atoms with Crippen LogP contribution in [0.1, 0.15) is 31.9 Å². The molecule has 1 aromatic carbocycles. The van der Waals surface area contributed by atoms with E-state index in [1.165, 1.54) is 0 Å². The molecule has 1 aromatic heterocycles. The van der Waals surface area contributed by atoms with Crippen LogP contribution in [0.2, 0.25) is 0 Å². The van der Waals surface area contributed by atoms with E-state index in [-0.39, 0.29) is 11.3 Å². The Morgan fingerprint density at radius 1 is 1.32 bits per heavy atom. The Labute approximate surface area is 131 Å². The first-order valence-electron chi connectivity index (χ1n) is 7.45. The quantitative estimate of drug-likeness (QED) is 0.886. The summed E-state index contributed by atoms with van der Waals surface area (Å²) >= 11 is 0. The molecular formula is C17H24N4O. The van der Waals surface area contributed by atoms with E-state index in [0.29, 0.717) is 6.54 Å². The second-order valence-electron chi connectivity index (χ2n) is 6.59. The molecule has 0 saturated carbocycles. The van der Waals surface area contributed by atoms with Crippen LogP contribution in [0.5, 0.6) is 0 Å². The molecule has 3 N–H and O–H groups in total. The molecule has 1 amide bonds. The number of nitrogens with two attached hydrogens (primary N) is 1. The van der Waals surface area contributed by atoms with Gasteiger partial charge in [0.15, 0.2) is 0 Å². The van der Waals surface area contributed by atoms with Crippen LogP contribution in [0.25, 0.3) is 0 Å². The average molecular weight is 300 g/mol. The predicted molar refractivity (Wildman–Crippen MR) is 87.0 cm³/mol. The van der Waals surface area contributed by atoms with Crippen molar-refractivity contribution in [3.8, 4) is 0 Å². The number of hydrogen-bond acceptors (Lipinski definition) is 3.